The number of hydrogen-bond donors (Lipinski definition) is 0. The van der Waals surface area contributed by atoms with Gasteiger partial charge in [-0.25, -0.2) is 9.97 Å². The predicted molar refractivity (Wildman–Crippen MR) is 80.1 cm³/mol. The van der Waals surface area contributed by atoms with Gasteiger partial charge in [0.15, 0.2) is 0 Å². The van der Waals surface area contributed by atoms with Crippen LogP contribution >= 0.6 is 11.6 Å². The fourth-order valence-corrected chi connectivity index (χ4v) is 2.22. The Bertz CT molecular complexity index is 418. The maximum absolute atomic E-state index is 6.14. The molecule has 0 aromatic carbocycles. The molecule has 1 aromatic rings. The lowest BCUT2D eigenvalue weighted by Gasteiger charge is -2.25. The molecular formula is C14H23ClN4. The van der Waals surface area contributed by atoms with E-state index in [1.165, 1.54) is 12.8 Å². The Kier molecular flexibility index (Phi) is 4.99. The fraction of sp³-hybridized carbons (Fsp3) is 0.714. The van der Waals surface area contributed by atoms with Gasteiger partial charge in [-0.1, -0.05) is 18.5 Å². The van der Waals surface area contributed by atoms with Crippen LogP contribution in [-0.4, -0.2) is 48.6 Å². The minimum absolute atomic E-state index is 0.537. The van der Waals surface area contributed by atoms with E-state index in [0.717, 1.165) is 37.7 Å². The van der Waals surface area contributed by atoms with Crippen molar-refractivity contribution in [2.24, 2.45) is 0 Å². The van der Waals surface area contributed by atoms with Crippen molar-refractivity contribution in [2.75, 3.05) is 38.6 Å². The summed E-state index contributed by atoms with van der Waals surface area (Å²) in [6.07, 6.45) is 3.50. The first-order chi connectivity index (χ1) is 9.10. The van der Waals surface area contributed by atoms with E-state index < -0.39 is 0 Å². The molecule has 2 rings (SSSR count). The third-order valence-electron chi connectivity index (χ3n) is 3.28. The van der Waals surface area contributed by atoms with Crippen LogP contribution in [0.15, 0.2) is 6.07 Å². The molecule has 106 valence electrons. The average molecular weight is 283 g/mol. The van der Waals surface area contributed by atoms with Crippen LogP contribution in [0.4, 0.5) is 5.82 Å². The lowest BCUT2D eigenvalue weighted by molar-refractivity contribution is 0.412. The third-order valence-corrected chi connectivity index (χ3v) is 3.47. The van der Waals surface area contributed by atoms with Crippen LogP contribution in [0.5, 0.6) is 0 Å². The first-order valence-corrected chi connectivity index (χ1v) is 7.42. The third kappa shape index (κ3) is 4.32. The Morgan fingerprint density at radius 3 is 2.53 bits per heavy atom. The molecule has 0 unspecified atom stereocenters. The summed E-state index contributed by atoms with van der Waals surface area (Å²) < 4.78 is 0. The highest BCUT2D eigenvalue weighted by Gasteiger charge is 2.27. The molecule has 4 nitrogen and oxygen atoms in total. The van der Waals surface area contributed by atoms with Crippen LogP contribution in [0.2, 0.25) is 5.15 Å². The molecule has 0 atom stereocenters. The molecular weight excluding hydrogens is 260 g/mol. The zero-order chi connectivity index (χ0) is 13.8. The summed E-state index contributed by atoms with van der Waals surface area (Å²) in [6.45, 7) is 5.18. The van der Waals surface area contributed by atoms with Crippen LogP contribution in [0, 0.1) is 0 Å². The van der Waals surface area contributed by atoms with Crippen molar-refractivity contribution in [3.05, 3.63) is 17.0 Å². The van der Waals surface area contributed by atoms with Crippen molar-refractivity contribution in [1.29, 1.82) is 0 Å². The monoisotopic (exact) mass is 282 g/mol. The highest BCUT2D eigenvalue weighted by molar-refractivity contribution is 6.29. The minimum atomic E-state index is 0.537. The van der Waals surface area contributed by atoms with E-state index in [4.69, 9.17) is 16.6 Å². The van der Waals surface area contributed by atoms with Crippen LogP contribution in [-0.2, 0) is 0 Å². The van der Waals surface area contributed by atoms with Crippen LogP contribution < -0.4 is 4.90 Å². The van der Waals surface area contributed by atoms with Gasteiger partial charge in [-0.15, -0.1) is 0 Å². The molecule has 1 aromatic heterocycles. The molecule has 1 aliphatic rings. The largest absolute Gasteiger partial charge is 0.355 e. The molecule has 0 saturated heterocycles. The molecule has 0 amide bonds. The van der Waals surface area contributed by atoms with Crippen molar-refractivity contribution >= 4 is 17.4 Å². The Morgan fingerprint density at radius 2 is 1.95 bits per heavy atom. The van der Waals surface area contributed by atoms with Gasteiger partial charge in [-0.3, -0.25) is 0 Å². The van der Waals surface area contributed by atoms with Crippen molar-refractivity contribution < 1.29 is 0 Å². The Balaban J connectivity index is 2.14. The Hall–Kier alpha value is -0.870. The molecule has 0 N–H and O–H groups in total. The molecule has 1 heterocycles. The van der Waals surface area contributed by atoms with E-state index in [1.807, 2.05) is 6.07 Å². The van der Waals surface area contributed by atoms with Gasteiger partial charge in [-0.2, -0.15) is 0 Å². The van der Waals surface area contributed by atoms with Crippen molar-refractivity contribution in [3.63, 3.8) is 0 Å². The zero-order valence-electron chi connectivity index (χ0n) is 12.1. The number of likely N-dealkylation sites (N-methyl/N-ethyl adjacent to an activating group) is 1. The maximum atomic E-state index is 6.14. The molecule has 5 heteroatoms. The van der Waals surface area contributed by atoms with E-state index in [2.05, 4.69) is 35.8 Å². The summed E-state index contributed by atoms with van der Waals surface area (Å²) in [7, 11) is 4.18. The van der Waals surface area contributed by atoms with Gasteiger partial charge < -0.3 is 9.80 Å². The molecule has 19 heavy (non-hydrogen) atoms. The van der Waals surface area contributed by atoms with Gasteiger partial charge >= 0.3 is 0 Å². The van der Waals surface area contributed by atoms with E-state index in [0.29, 0.717) is 11.1 Å². The molecule has 0 spiro atoms. The van der Waals surface area contributed by atoms with Crippen LogP contribution in [0.25, 0.3) is 0 Å². The number of nitrogens with zero attached hydrogens (tertiary/aromatic N) is 4. The summed E-state index contributed by atoms with van der Waals surface area (Å²) in [6, 6.07) is 1.89. The first kappa shape index (κ1) is 14.5. The fourth-order valence-electron chi connectivity index (χ4n) is 2.04. The molecule has 0 radical (unpaired) electrons. The highest BCUT2D eigenvalue weighted by Crippen LogP contribution is 2.39. The quantitative estimate of drug-likeness (QED) is 0.720. The second kappa shape index (κ2) is 6.53. The van der Waals surface area contributed by atoms with E-state index >= 15 is 0 Å². The summed E-state index contributed by atoms with van der Waals surface area (Å²) in [5.74, 6) is 2.44. The number of halogens is 1. The zero-order valence-corrected chi connectivity index (χ0v) is 12.8. The van der Waals surface area contributed by atoms with Crippen molar-refractivity contribution in [3.8, 4) is 0 Å². The summed E-state index contributed by atoms with van der Waals surface area (Å²) >= 11 is 6.14. The van der Waals surface area contributed by atoms with Crippen molar-refractivity contribution in [2.45, 2.75) is 32.1 Å². The standard InChI is InChI=1S/C14H23ClN4/c1-4-7-19(9-8-18(2)3)13-10-12(15)16-14(17-13)11-5-6-11/h10-11H,4-9H2,1-3H3. The van der Waals surface area contributed by atoms with Gasteiger partial charge in [-0.05, 0) is 33.4 Å². The van der Waals surface area contributed by atoms with E-state index in [-0.39, 0.29) is 0 Å². The minimum Gasteiger partial charge on any atom is -0.355 e. The number of aromatic nitrogens is 2. The Labute approximate surface area is 120 Å². The smallest absolute Gasteiger partial charge is 0.135 e. The average Bonchev–Trinajstić information content (AvgIpc) is 3.17. The van der Waals surface area contributed by atoms with Gasteiger partial charge in [0.1, 0.15) is 16.8 Å². The predicted octanol–water partition coefficient (Wildman–Crippen LogP) is 2.79. The van der Waals surface area contributed by atoms with Gasteiger partial charge in [0.2, 0.25) is 0 Å². The second-order valence-corrected chi connectivity index (χ2v) is 5.86. The van der Waals surface area contributed by atoms with Gasteiger partial charge in [0.25, 0.3) is 0 Å². The summed E-state index contributed by atoms with van der Waals surface area (Å²) in [4.78, 5) is 13.5. The molecule has 1 saturated carbocycles. The summed E-state index contributed by atoms with van der Waals surface area (Å²) in [5, 5.41) is 0.567. The van der Waals surface area contributed by atoms with Gasteiger partial charge in [0, 0.05) is 31.6 Å². The molecule has 0 bridgehead atoms. The second-order valence-electron chi connectivity index (χ2n) is 5.47. The van der Waals surface area contributed by atoms with Gasteiger partial charge in [0.05, 0.1) is 0 Å². The number of hydrogen-bond acceptors (Lipinski definition) is 4. The topological polar surface area (TPSA) is 32.3 Å². The number of rotatable bonds is 7. The van der Waals surface area contributed by atoms with Crippen LogP contribution in [0.3, 0.4) is 0 Å². The first-order valence-electron chi connectivity index (χ1n) is 7.04. The Morgan fingerprint density at radius 1 is 1.21 bits per heavy atom. The normalized spacial score (nSPS) is 15.0. The van der Waals surface area contributed by atoms with E-state index in [1.54, 1.807) is 0 Å². The highest BCUT2D eigenvalue weighted by atomic mass is 35.5. The maximum Gasteiger partial charge on any atom is 0.135 e. The SMILES string of the molecule is CCCN(CCN(C)C)c1cc(Cl)nc(C2CC2)n1. The van der Waals surface area contributed by atoms with Crippen LogP contribution in [0.1, 0.15) is 37.9 Å². The molecule has 1 aliphatic carbocycles. The molecule has 1 fully saturated rings. The lowest BCUT2D eigenvalue weighted by Crippen LogP contribution is -2.33. The lowest BCUT2D eigenvalue weighted by atomic mass is 10.3. The molecule has 0 aliphatic heterocycles. The van der Waals surface area contributed by atoms with E-state index in [9.17, 15) is 0 Å². The summed E-state index contributed by atoms with van der Waals surface area (Å²) in [5.41, 5.74) is 0. The van der Waals surface area contributed by atoms with Crippen molar-refractivity contribution in [1.82, 2.24) is 14.9 Å². The number of anilines is 1.